The Bertz CT molecular complexity index is 300. The molecule has 0 aliphatic carbocycles. The van der Waals surface area contributed by atoms with E-state index in [9.17, 15) is 0 Å². The summed E-state index contributed by atoms with van der Waals surface area (Å²) in [6.45, 7) is 8.50. The van der Waals surface area contributed by atoms with Crippen molar-refractivity contribution in [3.8, 4) is 0 Å². The van der Waals surface area contributed by atoms with Gasteiger partial charge in [-0.15, -0.1) is 0 Å². The molecule has 2 N–H and O–H groups in total. The zero-order chi connectivity index (χ0) is 9.30. The van der Waals surface area contributed by atoms with Gasteiger partial charge in [0.25, 0.3) is 0 Å². The first-order valence-electron chi connectivity index (χ1n) is 4.43. The number of rotatable bonds is 1. The Morgan fingerprint density at radius 3 is 2.25 bits per heavy atom. The lowest BCUT2D eigenvalue weighted by molar-refractivity contribution is 1.11. The van der Waals surface area contributed by atoms with Crippen molar-refractivity contribution >= 4 is 5.69 Å². The van der Waals surface area contributed by atoms with Crippen LogP contribution < -0.4 is 5.73 Å². The lowest BCUT2D eigenvalue weighted by Gasteiger charge is -2.12. The average molecular weight is 163 g/mol. The molecule has 0 amide bonds. The smallest absolute Gasteiger partial charge is 0.0379 e. The van der Waals surface area contributed by atoms with Crippen molar-refractivity contribution in [2.45, 2.75) is 34.1 Å². The van der Waals surface area contributed by atoms with Gasteiger partial charge in [-0.25, -0.2) is 0 Å². The van der Waals surface area contributed by atoms with Crippen molar-refractivity contribution in [2.24, 2.45) is 0 Å². The van der Waals surface area contributed by atoms with E-state index in [-0.39, 0.29) is 0 Å². The molecule has 0 unspecified atom stereocenters. The summed E-state index contributed by atoms with van der Waals surface area (Å²) in [6.07, 6.45) is 1.02. The quantitative estimate of drug-likeness (QED) is 0.633. The fourth-order valence-electron chi connectivity index (χ4n) is 1.48. The fourth-order valence-corrected chi connectivity index (χ4v) is 1.48. The fraction of sp³-hybridized carbons (Fsp3) is 0.455. The summed E-state index contributed by atoms with van der Waals surface area (Å²) in [5, 5.41) is 0. The number of nitrogen functional groups attached to an aromatic ring is 1. The predicted molar refractivity (Wildman–Crippen MR) is 54.4 cm³/mol. The maximum absolute atomic E-state index is 5.96. The molecule has 0 heterocycles. The average Bonchev–Trinajstić information content (AvgIpc) is 2.08. The predicted octanol–water partition coefficient (Wildman–Crippen LogP) is 2.76. The Morgan fingerprint density at radius 2 is 1.75 bits per heavy atom. The molecule has 0 aromatic heterocycles. The lowest BCUT2D eigenvalue weighted by atomic mass is 9.97. The molecule has 0 radical (unpaired) electrons. The van der Waals surface area contributed by atoms with Gasteiger partial charge in [0.1, 0.15) is 0 Å². The molecule has 1 heteroatoms. The maximum atomic E-state index is 5.96. The van der Waals surface area contributed by atoms with Crippen LogP contribution in [0.15, 0.2) is 6.07 Å². The number of hydrogen-bond acceptors (Lipinski definition) is 1. The maximum Gasteiger partial charge on any atom is 0.0379 e. The summed E-state index contributed by atoms with van der Waals surface area (Å²) >= 11 is 0. The van der Waals surface area contributed by atoms with Crippen LogP contribution in [0.3, 0.4) is 0 Å². The van der Waals surface area contributed by atoms with Crippen LogP contribution in [-0.2, 0) is 6.42 Å². The van der Waals surface area contributed by atoms with Crippen molar-refractivity contribution in [3.05, 3.63) is 28.3 Å². The van der Waals surface area contributed by atoms with Crippen LogP contribution in [-0.4, -0.2) is 0 Å². The number of anilines is 1. The molecule has 0 aliphatic heterocycles. The van der Waals surface area contributed by atoms with E-state index in [1.165, 1.54) is 22.3 Å². The van der Waals surface area contributed by atoms with Crippen molar-refractivity contribution < 1.29 is 0 Å². The second-order valence-electron chi connectivity index (χ2n) is 3.37. The Kier molecular flexibility index (Phi) is 2.41. The first-order valence-corrected chi connectivity index (χ1v) is 4.43. The lowest BCUT2D eigenvalue weighted by Crippen LogP contribution is -2.00. The molecule has 1 nitrogen and oxygen atoms in total. The molecule has 12 heavy (non-hydrogen) atoms. The normalized spacial score (nSPS) is 10.3. The summed E-state index contributed by atoms with van der Waals surface area (Å²) in [6, 6.07) is 2.19. The zero-order valence-electron chi connectivity index (χ0n) is 8.36. The summed E-state index contributed by atoms with van der Waals surface area (Å²) in [5.41, 5.74) is 12.1. The molecule has 0 aliphatic rings. The molecule has 0 saturated carbocycles. The van der Waals surface area contributed by atoms with E-state index >= 15 is 0 Å². The van der Waals surface area contributed by atoms with E-state index in [2.05, 4.69) is 33.8 Å². The molecule has 0 atom stereocenters. The topological polar surface area (TPSA) is 26.0 Å². The minimum Gasteiger partial charge on any atom is -0.398 e. The van der Waals surface area contributed by atoms with E-state index in [1.54, 1.807) is 0 Å². The van der Waals surface area contributed by atoms with Crippen LogP contribution in [0.1, 0.15) is 29.2 Å². The van der Waals surface area contributed by atoms with E-state index in [1.807, 2.05) is 0 Å². The number of benzene rings is 1. The van der Waals surface area contributed by atoms with Crippen molar-refractivity contribution in [2.75, 3.05) is 5.73 Å². The second-order valence-corrected chi connectivity index (χ2v) is 3.37. The Labute approximate surface area is 74.6 Å². The van der Waals surface area contributed by atoms with Gasteiger partial charge in [0.05, 0.1) is 0 Å². The third kappa shape index (κ3) is 1.31. The first kappa shape index (κ1) is 9.11. The van der Waals surface area contributed by atoms with Crippen LogP contribution in [0.4, 0.5) is 5.69 Å². The van der Waals surface area contributed by atoms with Crippen LogP contribution >= 0.6 is 0 Å². The standard InChI is InChI=1S/C11H17N/c1-5-10-6-7(2)8(3)9(4)11(10)12/h6H,5,12H2,1-4H3. The zero-order valence-corrected chi connectivity index (χ0v) is 8.36. The van der Waals surface area contributed by atoms with Gasteiger partial charge in [-0.1, -0.05) is 13.0 Å². The first-order chi connectivity index (χ1) is 5.57. The van der Waals surface area contributed by atoms with Gasteiger partial charge < -0.3 is 5.73 Å². The van der Waals surface area contributed by atoms with E-state index in [0.29, 0.717) is 0 Å². The van der Waals surface area contributed by atoms with Gasteiger partial charge in [-0.05, 0) is 49.4 Å². The molecule has 0 spiro atoms. The highest BCUT2D eigenvalue weighted by atomic mass is 14.6. The SMILES string of the molecule is CCc1cc(C)c(C)c(C)c1N. The molecular weight excluding hydrogens is 146 g/mol. The number of nitrogens with two attached hydrogens (primary N) is 1. The molecule has 1 rings (SSSR count). The van der Waals surface area contributed by atoms with Crippen molar-refractivity contribution in [3.63, 3.8) is 0 Å². The molecule has 0 saturated heterocycles. The van der Waals surface area contributed by atoms with Crippen LogP contribution in [0.25, 0.3) is 0 Å². The minimum absolute atomic E-state index is 0.973. The molecular formula is C11H17N. The van der Waals surface area contributed by atoms with Crippen LogP contribution in [0, 0.1) is 20.8 Å². The number of hydrogen-bond donors (Lipinski definition) is 1. The van der Waals surface area contributed by atoms with E-state index < -0.39 is 0 Å². The van der Waals surface area contributed by atoms with Crippen LogP contribution in [0.2, 0.25) is 0 Å². The van der Waals surface area contributed by atoms with E-state index in [4.69, 9.17) is 5.73 Å². The largest absolute Gasteiger partial charge is 0.398 e. The van der Waals surface area contributed by atoms with E-state index in [0.717, 1.165) is 12.1 Å². The molecule has 0 fully saturated rings. The van der Waals surface area contributed by atoms with Gasteiger partial charge in [0.2, 0.25) is 0 Å². The Morgan fingerprint density at radius 1 is 1.17 bits per heavy atom. The summed E-state index contributed by atoms with van der Waals surface area (Å²) in [4.78, 5) is 0. The van der Waals surface area contributed by atoms with Gasteiger partial charge in [-0.3, -0.25) is 0 Å². The highest BCUT2D eigenvalue weighted by Gasteiger charge is 2.05. The summed E-state index contributed by atoms with van der Waals surface area (Å²) in [5.74, 6) is 0. The molecule has 1 aromatic rings. The highest BCUT2D eigenvalue weighted by Crippen LogP contribution is 2.23. The van der Waals surface area contributed by atoms with Crippen molar-refractivity contribution in [1.29, 1.82) is 0 Å². The molecule has 1 aromatic carbocycles. The Hall–Kier alpha value is -0.980. The van der Waals surface area contributed by atoms with Gasteiger partial charge >= 0.3 is 0 Å². The van der Waals surface area contributed by atoms with Crippen molar-refractivity contribution in [1.82, 2.24) is 0 Å². The van der Waals surface area contributed by atoms with Gasteiger partial charge in [0.15, 0.2) is 0 Å². The van der Waals surface area contributed by atoms with Crippen LogP contribution in [0.5, 0.6) is 0 Å². The third-order valence-corrected chi connectivity index (χ3v) is 2.68. The highest BCUT2D eigenvalue weighted by molar-refractivity contribution is 5.58. The summed E-state index contributed by atoms with van der Waals surface area (Å²) < 4.78 is 0. The van der Waals surface area contributed by atoms with Gasteiger partial charge in [0, 0.05) is 5.69 Å². The number of aryl methyl sites for hydroxylation is 2. The van der Waals surface area contributed by atoms with Gasteiger partial charge in [-0.2, -0.15) is 0 Å². The molecule has 66 valence electrons. The minimum atomic E-state index is 0.973. The molecule has 0 bridgehead atoms. The summed E-state index contributed by atoms with van der Waals surface area (Å²) in [7, 11) is 0. The third-order valence-electron chi connectivity index (χ3n) is 2.68. The Balaban J connectivity index is 3.39. The second kappa shape index (κ2) is 3.18. The monoisotopic (exact) mass is 163 g/mol.